The van der Waals surface area contributed by atoms with Crippen molar-refractivity contribution in [2.75, 3.05) is 52.5 Å². The second-order valence-corrected chi connectivity index (χ2v) is 5.42. The molecule has 2 N–H and O–H groups in total. The van der Waals surface area contributed by atoms with Crippen molar-refractivity contribution >= 4 is 5.91 Å². The third-order valence-corrected chi connectivity index (χ3v) is 4.09. The fraction of sp³-hybridized carbons (Fsp3) is 0.929. The summed E-state index contributed by atoms with van der Waals surface area (Å²) in [4.78, 5) is 16.6. The van der Waals surface area contributed by atoms with Gasteiger partial charge in [-0.15, -0.1) is 0 Å². The third kappa shape index (κ3) is 4.15. The molecule has 2 atom stereocenters. The summed E-state index contributed by atoms with van der Waals surface area (Å²) in [6, 6.07) is 0. The van der Waals surface area contributed by atoms with Crippen LogP contribution in [-0.2, 0) is 14.3 Å². The molecule has 1 amide bonds. The summed E-state index contributed by atoms with van der Waals surface area (Å²) in [7, 11) is 0. The van der Waals surface area contributed by atoms with Crippen molar-refractivity contribution in [1.29, 1.82) is 0 Å². The maximum atomic E-state index is 12.3. The van der Waals surface area contributed by atoms with E-state index in [0.29, 0.717) is 6.54 Å². The molecule has 0 aromatic carbocycles. The first-order valence-electron chi connectivity index (χ1n) is 7.69. The largest absolute Gasteiger partial charge is 0.380 e. The molecule has 0 spiro atoms. The van der Waals surface area contributed by atoms with E-state index in [9.17, 15) is 4.79 Å². The van der Waals surface area contributed by atoms with Crippen LogP contribution in [0.2, 0.25) is 0 Å². The molecule has 2 rings (SSSR count). The smallest absolute Gasteiger partial charge is 0.251 e. The van der Waals surface area contributed by atoms with Gasteiger partial charge in [-0.3, -0.25) is 9.69 Å². The Morgan fingerprint density at radius 3 is 2.65 bits per heavy atom. The maximum Gasteiger partial charge on any atom is 0.251 e. The van der Waals surface area contributed by atoms with E-state index in [1.807, 2.05) is 11.8 Å². The van der Waals surface area contributed by atoms with E-state index in [1.165, 1.54) is 0 Å². The molecule has 2 saturated heterocycles. The van der Waals surface area contributed by atoms with E-state index in [0.717, 1.165) is 58.8 Å². The normalized spacial score (nSPS) is 28.0. The van der Waals surface area contributed by atoms with E-state index in [2.05, 4.69) is 4.90 Å². The predicted octanol–water partition coefficient (Wildman–Crippen LogP) is -0.327. The highest BCUT2D eigenvalue weighted by Crippen LogP contribution is 2.21. The zero-order valence-corrected chi connectivity index (χ0v) is 12.4. The minimum absolute atomic E-state index is 0.0661. The molecule has 2 fully saturated rings. The fourth-order valence-electron chi connectivity index (χ4n) is 2.79. The molecule has 0 aliphatic carbocycles. The van der Waals surface area contributed by atoms with Crippen LogP contribution in [-0.4, -0.2) is 80.4 Å². The van der Waals surface area contributed by atoms with Crippen LogP contribution in [0.4, 0.5) is 0 Å². The van der Waals surface area contributed by atoms with Gasteiger partial charge in [-0.2, -0.15) is 0 Å². The molecule has 0 saturated carbocycles. The molecule has 6 heteroatoms. The van der Waals surface area contributed by atoms with E-state index in [-0.39, 0.29) is 18.1 Å². The Kier molecular flexibility index (Phi) is 6.22. The van der Waals surface area contributed by atoms with Crippen molar-refractivity contribution in [3.8, 4) is 0 Å². The molecule has 116 valence electrons. The van der Waals surface area contributed by atoms with Gasteiger partial charge >= 0.3 is 0 Å². The number of carbonyl (C=O) groups excluding carboxylic acids is 1. The highest BCUT2D eigenvalue weighted by Gasteiger charge is 2.33. The Balaban J connectivity index is 1.69. The van der Waals surface area contributed by atoms with Gasteiger partial charge < -0.3 is 20.1 Å². The van der Waals surface area contributed by atoms with Gasteiger partial charge in [0.05, 0.1) is 12.7 Å². The lowest BCUT2D eigenvalue weighted by Crippen LogP contribution is -2.52. The molecule has 2 heterocycles. The van der Waals surface area contributed by atoms with E-state index in [1.54, 1.807) is 0 Å². The number of hydrogen-bond acceptors (Lipinski definition) is 5. The van der Waals surface area contributed by atoms with Crippen LogP contribution in [0.15, 0.2) is 0 Å². The number of carbonyl (C=O) groups is 1. The van der Waals surface area contributed by atoms with Gasteiger partial charge in [-0.05, 0) is 19.8 Å². The Labute approximate surface area is 121 Å². The molecular weight excluding hydrogens is 258 g/mol. The maximum absolute atomic E-state index is 12.3. The van der Waals surface area contributed by atoms with Gasteiger partial charge in [0.25, 0.3) is 5.91 Å². The second-order valence-electron chi connectivity index (χ2n) is 5.42. The monoisotopic (exact) mass is 285 g/mol. The highest BCUT2D eigenvalue weighted by atomic mass is 16.5. The van der Waals surface area contributed by atoms with Gasteiger partial charge in [-0.25, -0.2) is 0 Å². The Morgan fingerprint density at radius 2 is 2.05 bits per heavy atom. The summed E-state index contributed by atoms with van der Waals surface area (Å²) in [5.74, 6) is 0.144. The van der Waals surface area contributed by atoms with Gasteiger partial charge in [0.15, 0.2) is 0 Å². The lowest BCUT2D eigenvalue weighted by Gasteiger charge is -2.35. The first kappa shape index (κ1) is 15.7. The van der Waals surface area contributed by atoms with Crippen molar-refractivity contribution in [1.82, 2.24) is 9.80 Å². The highest BCUT2D eigenvalue weighted by molar-refractivity contribution is 5.81. The third-order valence-electron chi connectivity index (χ3n) is 4.09. The van der Waals surface area contributed by atoms with Crippen LogP contribution in [0.25, 0.3) is 0 Å². The SMILES string of the molecule is CCOCCN1CCN(C(=O)[C@@H]2CC[C@H](CN)O2)CC1. The molecule has 2 aliphatic heterocycles. The quantitative estimate of drug-likeness (QED) is 0.677. The zero-order chi connectivity index (χ0) is 14.4. The van der Waals surface area contributed by atoms with Crippen LogP contribution in [0.3, 0.4) is 0 Å². The van der Waals surface area contributed by atoms with Crippen molar-refractivity contribution in [2.24, 2.45) is 5.73 Å². The number of piperazine rings is 1. The summed E-state index contributed by atoms with van der Waals surface area (Å²) in [6.07, 6.45) is 1.52. The molecule has 0 radical (unpaired) electrons. The second kappa shape index (κ2) is 7.93. The Hall–Kier alpha value is -0.690. The van der Waals surface area contributed by atoms with Gasteiger partial charge in [0, 0.05) is 45.9 Å². The molecule has 2 aliphatic rings. The van der Waals surface area contributed by atoms with E-state index < -0.39 is 0 Å². The van der Waals surface area contributed by atoms with Crippen molar-refractivity contribution < 1.29 is 14.3 Å². The van der Waals surface area contributed by atoms with E-state index >= 15 is 0 Å². The van der Waals surface area contributed by atoms with Gasteiger partial charge in [0.2, 0.25) is 0 Å². The summed E-state index contributed by atoms with van der Waals surface area (Å²) in [6.45, 7) is 8.43. The summed E-state index contributed by atoms with van der Waals surface area (Å²) in [5.41, 5.74) is 5.58. The number of rotatable bonds is 6. The Morgan fingerprint density at radius 1 is 1.30 bits per heavy atom. The Bertz CT molecular complexity index is 306. The average Bonchev–Trinajstić information content (AvgIpc) is 2.96. The molecular formula is C14H27N3O3. The summed E-state index contributed by atoms with van der Waals surface area (Å²) >= 11 is 0. The molecule has 0 unspecified atom stereocenters. The predicted molar refractivity (Wildman–Crippen MR) is 76.5 cm³/mol. The van der Waals surface area contributed by atoms with Gasteiger partial charge in [0.1, 0.15) is 6.10 Å². The first-order chi connectivity index (χ1) is 9.74. The van der Waals surface area contributed by atoms with Crippen LogP contribution in [0, 0.1) is 0 Å². The van der Waals surface area contributed by atoms with Crippen LogP contribution in [0.5, 0.6) is 0 Å². The van der Waals surface area contributed by atoms with Crippen LogP contribution < -0.4 is 5.73 Å². The molecule has 0 aromatic rings. The van der Waals surface area contributed by atoms with Crippen LogP contribution in [0.1, 0.15) is 19.8 Å². The lowest BCUT2D eigenvalue weighted by molar-refractivity contribution is -0.144. The van der Waals surface area contributed by atoms with E-state index in [4.69, 9.17) is 15.2 Å². The lowest BCUT2D eigenvalue weighted by atomic mass is 10.1. The zero-order valence-electron chi connectivity index (χ0n) is 12.4. The number of amides is 1. The number of ether oxygens (including phenoxy) is 2. The summed E-state index contributed by atoms with van der Waals surface area (Å²) in [5, 5.41) is 0. The van der Waals surface area contributed by atoms with Crippen LogP contribution >= 0.6 is 0 Å². The van der Waals surface area contributed by atoms with Gasteiger partial charge in [-0.1, -0.05) is 0 Å². The minimum Gasteiger partial charge on any atom is -0.380 e. The minimum atomic E-state index is -0.265. The first-order valence-corrected chi connectivity index (χ1v) is 7.69. The number of nitrogens with zero attached hydrogens (tertiary/aromatic N) is 2. The number of nitrogens with two attached hydrogens (primary N) is 1. The fourth-order valence-corrected chi connectivity index (χ4v) is 2.79. The van der Waals surface area contributed by atoms with Crippen molar-refractivity contribution in [2.45, 2.75) is 32.0 Å². The molecule has 6 nitrogen and oxygen atoms in total. The van der Waals surface area contributed by atoms with Crippen molar-refractivity contribution in [3.05, 3.63) is 0 Å². The summed E-state index contributed by atoms with van der Waals surface area (Å²) < 4.78 is 11.0. The molecule has 0 aromatic heterocycles. The molecule has 0 bridgehead atoms. The average molecular weight is 285 g/mol. The number of hydrogen-bond donors (Lipinski definition) is 1. The topological polar surface area (TPSA) is 68.0 Å². The standard InChI is InChI=1S/C14H27N3O3/c1-2-19-10-9-16-5-7-17(8-6-16)14(18)13-4-3-12(11-15)20-13/h12-13H,2-11,15H2,1H3/t12-,13+/m1/s1. The molecule has 20 heavy (non-hydrogen) atoms. The van der Waals surface area contributed by atoms with Crippen molar-refractivity contribution in [3.63, 3.8) is 0 Å².